The summed E-state index contributed by atoms with van der Waals surface area (Å²) in [6.45, 7) is 7.62. The molecule has 0 bridgehead atoms. The van der Waals surface area contributed by atoms with Crippen LogP contribution in [0.2, 0.25) is 0 Å². The second kappa shape index (κ2) is 7.43. The number of carbonyl (C=O) groups excluding carboxylic acids is 1. The molecule has 0 aliphatic carbocycles. The van der Waals surface area contributed by atoms with Gasteiger partial charge < -0.3 is 20.1 Å². The van der Waals surface area contributed by atoms with Gasteiger partial charge in [-0.05, 0) is 45.7 Å². The minimum absolute atomic E-state index is 0.242. The number of carbonyl (C=O) groups is 1. The average molecular weight is 385 g/mol. The Bertz CT molecular complexity index is 537. The highest BCUT2D eigenvalue weighted by Crippen LogP contribution is 2.25. The molecule has 128 valence electrons. The Morgan fingerprint density at radius 3 is 2.78 bits per heavy atom. The molecule has 0 radical (unpaired) electrons. The van der Waals surface area contributed by atoms with Gasteiger partial charge in [-0.25, -0.2) is 4.79 Å². The molecule has 2 rings (SSSR count). The molecule has 1 saturated heterocycles. The van der Waals surface area contributed by atoms with Crippen LogP contribution in [0.3, 0.4) is 0 Å². The number of rotatable bonds is 3. The van der Waals surface area contributed by atoms with Gasteiger partial charge in [-0.2, -0.15) is 0 Å². The first-order valence-corrected chi connectivity index (χ1v) is 8.69. The molecule has 6 heteroatoms. The molecule has 1 unspecified atom stereocenters. The number of nitrogen functional groups attached to an aromatic ring is 1. The van der Waals surface area contributed by atoms with Gasteiger partial charge >= 0.3 is 6.09 Å². The van der Waals surface area contributed by atoms with Crippen molar-refractivity contribution in [3.63, 3.8) is 0 Å². The molecule has 2 N–H and O–H groups in total. The minimum Gasteiger partial charge on any atom is -0.493 e. The number of anilines is 1. The third-order valence-corrected chi connectivity index (χ3v) is 4.01. The summed E-state index contributed by atoms with van der Waals surface area (Å²) >= 11 is 3.41. The van der Waals surface area contributed by atoms with Crippen LogP contribution in [0.5, 0.6) is 5.75 Å². The predicted octanol–water partition coefficient (Wildman–Crippen LogP) is 4.06. The van der Waals surface area contributed by atoms with Crippen molar-refractivity contribution < 1.29 is 14.3 Å². The van der Waals surface area contributed by atoms with Gasteiger partial charge in [-0.15, -0.1) is 0 Å². The smallest absolute Gasteiger partial charge is 0.410 e. The summed E-state index contributed by atoms with van der Waals surface area (Å²) in [5, 5.41) is 0. The quantitative estimate of drug-likeness (QED) is 0.797. The zero-order chi connectivity index (χ0) is 17.0. The van der Waals surface area contributed by atoms with Crippen LogP contribution >= 0.6 is 15.9 Å². The molecule has 1 fully saturated rings. The number of nitrogens with zero attached hydrogens (tertiary/aromatic N) is 1. The molecule has 1 atom stereocenters. The van der Waals surface area contributed by atoms with Crippen molar-refractivity contribution in [1.29, 1.82) is 0 Å². The highest BCUT2D eigenvalue weighted by molar-refractivity contribution is 9.10. The Balaban J connectivity index is 1.87. The number of hydrogen-bond donors (Lipinski definition) is 1. The molecular weight excluding hydrogens is 360 g/mol. The molecular formula is C17H25BrN2O3. The molecule has 5 nitrogen and oxygen atoms in total. The standard InChI is InChI=1S/C17H25BrN2O3/c1-17(2,3)23-16(21)20-6-4-5-12(10-20)11-22-15-8-13(18)7-14(19)9-15/h7-9,12H,4-6,10-11,19H2,1-3H3. The number of halogens is 1. The summed E-state index contributed by atoms with van der Waals surface area (Å²) in [6.07, 6.45) is 1.77. The maximum absolute atomic E-state index is 12.2. The molecule has 1 aliphatic rings. The number of piperidine rings is 1. The van der Waals surface area contributed by atoms with Gasteiger partial charge in [-0.1, -0.05) is 15.9 Å². The Hall–Kier alpha value is -1.43. The summed E-state index contributed by atoms with van der Waals surface area (Å²) in [5.41, 5.74) is 6.01. The van der Waals surface area contributed by atoms with Crippen molar-refractivity contribution in [2.24, 2.45) is 5.92 Å². The Morgan fingerprint density at radius 2 is 2.13 bits per heavy atom. The van der Waals surface area contributed by atoms with Crippen molar-refractivity contribution in [2.45, 2.75) is 39.2 Å². The first-order chi connectivity index (χ1) is 10.7. The van der Waals surface area contributed by atoms with Gasteiger partial charge in [0.2, 0.25) is 0 Å². The highest BCUT2D eigenvalue weighted by atomic mass is 79.9. The van der Waals surface area contributed by atoms with Crippen LogP contribution in [-0.2, 0) is 4.74 Å². The number of likely N-dealkylation sites (tertiary alicyclic amines) is 1. The van der Waals surface area contributed by atoms with E-state index in [1.54, 1.807) is 11.0 Å². The lowest BCUT2D eigenvalue weighted by molar-refractivity contribution is 0.0139. The topological polar surface area (TPSA) is 64.8 Å². The first kappa shape index (κ1) is 17.9. The van der Waals surface area contributed by atoms with Crippen molar-refractivity contribution >= 4 is 27.7 Å². The number of ether oxygens (including phenoxy) is 2. The van der Waals surface area contributed by atoms with E-state index >= 15 is 0 Å². The van der Waals surface area contributed by atoms with E-state index in [2.05, 4.69) is 15.9 Å². The Kier molecular flexibility index (Phi) is 5.79. The van der Waals surface area contributed by atoms with Crippen molar-refractivity contribution in [3.05, 3.63) is 22.7 Å². The summed E-state index contributed by atoms with van der Waals surface area (Å²) in [4.78, 5) is 13.9. The van der Waals surface area contributed by atoms with Gasteiger partial charge in [0.25, 0.3) is 0 Å². The van der Waals surface area contributed by atoms with Gasteiger partial charge in [-0.3, -0.25) is 0 Å². The van der Waals surface area contributed by atoms with Crippen LogP contribution in [-0.4, -0.2) is 36.3 Å². The lowest BCUT2D eigenvalue weighted by Gasteiger charge is -2.34. The zero-order valence-electron chi connectivity index (χ0n) is 14.0. The van der Waals surface area contributed by atoms with Crippen LogP contribution in [0.25, 0.3) is 0 Å². The van der Waals surface area contributed by atoms with E-state index in [1.165, 1.54) is 0 Å². The second-order valence-electron chi connectivity index (χ2n) is 6.97. The maximum atomic E-state index is 12.2. The predicted molar refractivity (Wildman–Crippen MR) is 94.6 cm³/mol. The first-order valence-electron chi connectivity index (χ1n) is 7.90. The highest BCUT2D eigenvalue weighted by Gasteiger charge is 2.27. The second-order valence-corrected chi connectivity index (χ2v) is 7.88. The lowest BCUT2D eigenvalue weighted by atomic mass is 9.99. The largest absolute Gasteiger partial charge is 0.493 e. The molecule has 1 aromatic carbocycles. The molecule has 0 spiro atoms. The molecule has 23 heavy (non-hydrogen) atoms. The Labute approximate surface area is 146 Å². The molecule has 1 heterocycles. The van der Waals surface area contributed by atoms with E-state index in [4.69, 9.17) is 15.2 Å². The van der Waals surface area contributed by atoms with E-state index in [1.807, 2.05) is 32.9 Å². The summed E-state index contributed by atoms with van der Waals surface area (Å²) < 4.78 is 12.2. The third-order valence-electron chi connectivity index (χ3n) is 3.55. The maximum Gasteiger partial charge on any atom is 0.410 e. The van der Waals surface area contributed by atoms with Crippen LogP contribution in [0.4, 0.5) is 10.5 Å². The van der Waals surface area contributed by atoms with Crippen LogP contribution < -0.4 is 10.5 Å². The molecule has 1 aliphatic heterocycles. The van der Waals surface area contributed by atoms with E-state index in [0.717, 1.165) is 29.6 Å². The third kappa shape index (κ3) is 5.94. The van der Waals surface area contributed by atoms with Crippen molar-refractivity contribution in [3.8, 4) is 5.75 Å². The summed E-state index contributed by atoms with van der Waals surface area (Å²) in [5.74, 6) is 1.04. The van der Waals surface area contributed by atoms with Gasteiger partial charge in [0.05, 0.1) is 6.61 Å². The van der Waals surface area contributed by atoms with Gasteiger partial charge in [0.1, 0.15) is 11.4 Å². The van der Waals surface area contributed by atoms with Crippen LogP contribution in [0.15, 0.2) is 22.7 Å². The number of amides is 1. The lowest BCUT2D eigenvalue weighted by Crippen LogP contribution is -2.44. The van der Waals surface area contributed by atoms with Crippen LogP contribution in [0, 0.1) is 5.92 Å². The Morgan fingerprint density at radius 1 is 1.39 bits per heavy atom. The number of benzene rings is 1. The van der Waals surface area contributed by atoms with E-state index in [9.17, 15) is 4.79 Å². The molecule has 1 amide bonds. The molecule has 0 aromatic heterocycles. The fourth-order valence-electron chi connectivity index (χ4n) is 2.58. The average Bonchev–Trinajstić information content (AvgIpc) is 2.43. The van der Waals surface area contributed by atoms with Gasteiger partial charge in [0, 0.05) is 35.2 Å². The van der Waals surface area contributed by atoms with E-state index in [0.29, 0.717) is 24.8 Å². The fraction of sp³-hybridized carbons (Fsp3) is 0.588. The number of hydrogen-bond acceptors (Lipinski definition) is 4. The molecule has 0 saturated carbocycles. The van der Waals surface area contributed by atoms with Gasteiger partial charge in [0.15, 0.2) is 0 Å². The number of nitrogens with two attached hydrogens (primary N) is 1. The van der Waals surface area contributed by atoms with Crippen LogP contribution in [0.1, 0.15) is 33.6 Å². The fourth-order valence-corrected chi connectivity index (χ4v) is 3.07. The van der Waals surface area contributed by atoms with E-state index < -0.39 is 5.60 Å². The van der Waals surface area contributed by atoms with E-state index in [-0.39, 0.29) is 6.09 Å². The molecule has 1 aromatic rings. The van der Waals surface area contributed by atoms with Crippen molar-refractivity contribution in [2.75, 3.05) is 25.4 Å². The normalized spacial score (nSPS) is 18.6. The van der Waals surface area contributed by atoms with Crippen molar-refractivity contribution in [1.82, 2.24) is 4.90 Å². The summed E-state index contributed by atoms with van der Waals surface area (Å²) in [7, 11) is 0. The zero-order valence-corrected chi connectivity index (χ0v) is 15.6. The summed E-state index contributed by atoms with van der Waals surface area (Å²) in [6, 6.07) is 5.53. The monoisotopic (exact) mass is 384 g/mol. The SMILES string of the molecule is CC(C)(C)OC(=O)N1CCCC(COc2cc(N)cc(Br)c2)C1. The minimum atomic E-state index is -0.464.